The van der Waals surface area contributed by atoms with Crippen molar-refractivity contribution in [2.45, 2.75) is 5.75 Å². The molecule has 2 rings (SSSR count). The molecule has 2 aromatic rings. The van der Waals surface area contributed by atoms with Crippen LogP contribution in [0, 0.1) is 10.1 Å². The second-order valence-electron chi connectivity index (χ2n) is 4.03. The molecular formula is C13H11NO5S. The molecule has 7 heteroatoms. The highest BCUT2D eigenvalue weighted by Crippen LogP contribution is 2.21. The van der Waals surface area contributed by atoms with Crippen LogP contribution in [0.2, 0.25) is 0 Å². The van der Waals surface area contributed by atoms with Gasteiger partial charge < -0.3 is 4.18 Å². The molecule has 0 saturated carbocycles. The Kier molecular flexibility index (Phi) is 3.99. The lowest BCUT2D eigenvalue weighted by molar-refractivity contribution is -0.384. The van der Waals surface area contributed by atoms with E-state index in [1.54, 1.807) is 30.3 Å². The first-order valence-corrected chi connectivity index (χ1v) is 7.24. The third-order valence-corrected chi connectivity index (χ3v) is 3.57. The zero-order valence-corrected chi connectivity index (χ0v) is 11.1. The number of non-ortho nitro benzene ring substituents is 1. The Morgan fingerprint density at radius 1 is 1.05 bits per heavy atom. The van der Waals surface area contributed by atoms with Crippen molar-refractivity contribution in [2.75, 3.05) is 0 Å². The van der Waals surface area contributed by atoms with Crippen LogP contribution in [0.3, 0.4) is 0 Å². The fourth-order valence-electron chi connectivity index (χ4n) is 1.60. The third-order valence-electron chi connectivity index (χ3n) is 2.44. The van der Waals surface area contributed by atoms with Crippen LogP contribution in [0.4, 0.5) is 5.69 Å². The van der Waals surface area contributed by atoms with E-state index in [2.05, 4.69) is 0 Å². The highest BCUT2D eigenvalue weighted by molar-refractivity contribution is 7.86. The van der Waals surface area contributed by atoms with Gasteiger partial charge in [0.1, 0.15) is 11.5 Å². The molecule has 0 aliphatic rings. The molecule has 0 bridgehead atoms. The maximum atomic E-state index is 11.9. The molecule has 0 saturated heterocycles. The summed E-state index contributed by atoms with van der Waals surface area (Å²) >= 11 is 0. The number of rotatable bonds is 5. The van der Waals surface area contributed by atoms with Gasteiger partial charge in [0.25, 0.3) is 5.69 Å². The van der Waals surface area contributed by atoms with Crippen LogP contribution in [0.25, 0.3) is 0 Å². The lowest BCUT2D eigenvalue weighted by Gasteiger charge is -2.06. The van der Waals surface area contributed by atoms with Crippen LogP contribution in [0.1, 0.15) is 5.56 Å². The molecule has 0 unspecified atom stereocenters. The van der Waals surface area contributed by atoms with Gasteiger partial charge in [0.15, 0.2) is 0 Å². The number of hydrogen-bond acceptors (Lipinski definition) is 5. The van der Waals surface area contributed by atoms with Crippen molar-refractivity contribution in [1.82, 2.24) is 0 Å². The first kappa shape index (κ1) is 14.0. The van der Waals surface area contributed by atoms with Gasteiger partial charge in [-0.3, -0.25) is 10.1 Å². The van der Waals surface area contributed by atoms with E-state index in [4.69, 9.17) is 4.18 Å². The van der Waals surface area contributed by atoms with Crippen LogP contribution in [0.15, 0.2) is 54.6 Å². The molecule has 0 aliphatic carbocycles. The molecule has 0 radical (unpaired) electrons. The molecule has 0 N–H and O–H groups in total. The molecule has 0 fully saturated rings. The van der Waals surface area contributed by atoms with Gasteiger partial charge in [-0.15, -0.1) is 0 Å². The summed E-state index contributed by atoms with van der Waals surface area (Å²) in [7, 11) is -3.85. The zero-order valence-electron chi connectivity index (χ0n) is 10.3. The van der Waals surface area contributed by atoms with Gasteiger partial charge in [-0.05, 0) is 11.6 Å². The van der Waals surface area contributed by atoms with Crippen molar-refractivity contribution < 1.29 is 17.5 Å². The summed E-state index contributed by atoms with van der Waals surface area (Å²) in [6.45, 7) is 0. The van der Waals surface area contributed by atoms with Gasteiger partial charge in [0.05, 0.1) is 11.0 Å². The lowest BCUT2D eigenvalue weighted by Crippen LogP contribution is -2.12. The topological polar surface area (TPSA) is 86.5 Å². The fourth-order valence-corrected chi connectivity index (χ4v) is 2.66. The van der Waals surface area contributed by atoms with Crippen LogP contribution in [-0.2, 0) is 15.9 Å². The van der Waals surface area contributed by atoms with Gasteiger partial charge >= 0.3 is 10.1 Å². The molecule has 0 atom stereocenters. The molecule has 2 aromatic carbocycles. The van der Waals surface area contributed by atoms with Gasteiger partial charge in [0, 0.05) is 6.07 Å². The minimum absolute atomic E-state index is 0.0740. The summed E-state index contributed by atoms with van der Waals surface area (Å²) in [6.07, 6.45) is 0. The minimum atomic E-state index is -3.85. The van der Waals surface area contributed by atoms with E-state index in [9.17, 15) is 18.5 Å². The maximum Gasteiger partial charge on any atom is 0.313 e. The van der Waals surface area contributed by atoms with Gasteiger partial charge in [-0.2, -0.15) is 8.42 Å². The predicted octanol–water partition coefficient (Wildman–Crippen LogP) is 2.50. The van der Waals surface area contributed by atoms with E-state index in [0.717, 1.165) is 6.07 Å². The molecular weight excluding hydrogens is 282 g/mol. The van der Waals surface area contributed by atoms with Crippen molar-refractivity contribution in [3.8, 4) is 5.75 Å². The van der Waals surface area contributed by atoms with E-state index in [0.29, 0.717) is 5.56 Å². The second-order valence-corrected chi connectivity index (χ2v) is 5.60. The zero-order chi connectivity index (χ0) is 14.6. The van der Waals surface area contributed by atoms with E-state index in [1.165, 1.54) is 18.2 Å². The van der Waals surface area contributed by atoms with E-state index < -0.39 is 15.0 Å². The molecule has 0 spiro atoms. The van der Waals surface area contributed by atoms with Crippen molar-refractivity contribution in [3.63, 3.8) is 0 Å². The molecule has 0 heterocycles. The van der Waals surface area contributed by atoms with E-state index >= 15 is 0 Å². The number of nitrogens with zero attached hydrogens (tertiary/aromatic N) is 1. The van der Waals surface area contributed by atoms with Crippen LogP contribution in [0.5, 0.6) is 5.75 Å². The SMILES string of the molecule is O=[N+]([O-])c1cccc(OS(=O)(=O)Cc2ccccc2)c1. The largest absolute Gasteiger partial charge is 0.382 e. The quantitative estimate of drug-likeness (QED) is 0.480. The van der Waals surface area contributed by atoms with Crippen LogP contribution in [-0.4, -0.2) is 13.3 Å². The Balaban J connectivity index is 2.16. The normalized spacial score (nSPS) is 11.0. The maximum absolute atomic E-state index is 11.9. The van der Waals surface area contributed by atoms with Crippen molar-refractivity contribution in [1.29, 1.82) is 0 Å². The molecule has 0 aromatic heterocycles. The minimum Gasteiger partial charge on any atom is -0.382 e. The Bertz CT molecular complexity index is 713. The standard InChI is InChI=1S/C13H11NO5S/c15-14(16)12-7-4-8-13(9-12)19-20(17,18)10-11-5-2-1-3-6-11/h1-9H,10H2. The van der Waals surface area contributed by atoms with E-state index in [-0.39, 0.29) is 17.2 Å². The fraction of sp³-hybridized carbons (Fsp3) is 0.0769. The Labute approximate surface area is 115 Å². The highest BCUT2D eigenvalue weighted by atomic mass is 32.2. The van der Waals surface area contributed by atoms with Gasteiger partial charge in [0.2, 0.25) is 0 Å². The summed E-state index contributed by atoms with van der Waals surface area (Å²) < 4.78 is 28.6. The monoisotopic (exact) mass is 293 g/mol. The third kappa shape index (κ3) is 3.79. The average Bonchev–Trinajstić information content (AvgIpc) is 2.39. The molecule has 0 aliphatic heterocycles. The smallest absolute Gasteiger partial charge is 0.313 e. The summed E-state index contributed by atoms with van der Waals surface area (Å²) in [5.41, 5.74) is 0.357. The molecule has 20 heavy (non-hydrogen) atoms. The molecule has 104 valence electrons. The first-order valence-electron chi connectivity index (χ1n) is 5.67. The Hall–Kier alpha value is -2.41. The van der Waals surface area contributed by atoms with Gasteiger partial charge in [-0.25, -0.2) is 0 Å². The second kappa shape index (κ2) is 5.70. The number of nitro benzene ring substituents is 1. The number of hydrogen-bond donors (Lipinski definition) is 0. The van der Waals surface area contributed by atoms with Crippen molar-refractivity contribution >= 4 is 15.8 Å². The molecule has 0 amide bonds. The number of nitro groups is 1. The average molecular weight is 293 g/mol. The lowest BCUT2D eigenvalue weighted by atomic mass is 10.2. The summed E-state index contributed by atoms with van der Waals surface area (Å²) in [4.78, 5) is 10.00. The summed E-state index contributed by atoms with van der Waals surface area (Å²) in [6, 6.07) is 13.6. The molecule has 6 nitrogen and oxygen atoms in total. The Morgan fingerprint density at radius 2 is 1.75 bits per heavy atom. The predicted molar refractivity (Wildman–Crippen MR) is 72.8 cm³/mol. The van der Waals surface area contributed by atoms with Crippen molar-refractivity contribution in [2.24, 2.45) is 0 Å². The van der Waals surface area contributed by atoms with Crippen molar-refractivity contribution in [3.05, 3.63) is 70.3 Å². The highest BCUT2D eigenvalue weighted by Gasteiger charge is 2.15. The Morgan fingerprint density at radius 3 is 2.40 bits per heavy atom. The first-order chi connectivity index (χ1) is 9.46. The number of benzene rings is 2. The van der Waals surface area contributed by atoms with Gasteiger partial charge in [-0.1, -0.05) is 36.4 Å². The summed E-state index contributed by atoms with van der Waals surface area (Å²) in [5.74, 6) is -0.369. The van der Waals surface area contributed by atoms with Crippen LogP contribution >= 0.6 is 0 Å². The van der Waals surface area contributed by atoms with E-state index in [1.807, 2.05) is 0 Å². The van der Waals surface area contributed by atoms with Crippen LogP contribution < -0.4 is 4.18 Å². The summed E-state index contributed by atoms with van der Waals surface area (Å²) in [5, 5.41) is 10.6.